The van der Waals surface area contributed by atoms with Crippen LogP contribution in [0.15, 0.2) is 18.2 Å². The fourth-order valence-corrected chi connectivity index (χ4v) is 1.54. The van der Waals surface area contributed by atoms with Crippen LogP contribution >= 0.6 is 0 Å². The van der Waals surface area contributed by atoms with Gasteiger partial charge in [-0.1, -0.05) is 0 Å². The molecule has 0 aliphatic heterocycles. The summed E-state index contributed by atoms with van der Waals surface area (Å²) in [6.07, 6.45) is 2.84. The average molecular weight is 220 g/mol. The van der Waals surface area contributed by atoms with Crippen molar-refractivity contribution in [1.82, 2.24) is 0 Å². The lowest BCUT2D eigenvalue weighted by atomic mass is 10.1. The maximum atomic E-state index is 5.80. The number of hydrogen-bond acceptors (Lipinski definition) is 2. The molecule has 2 nitrogen and oxygen atoms in total. The Morgan fingerprint density at radius 3 is 2.38 bits per heavy atom. The molecule has 1 saturated carbocycles. The van der Waals surface area contributed by atoms with Gasteiger partial charge in [-0.15, -0.1) is 0 Å². The van der Waals surface area contributed by atoms with Crippen molar-refractivity contribution in [2.24, 2.45) is 0 Å². The van der Waals surface area contributed by atoms with Gasteiger partial charge in [0.2, 0.25) is 0 Å². The van der Waals surface area contributed by atoms with Crippen molar-refractivity contribution < 1.29 is 9.47 Å². The van der Waals surface area contributed by atoms with E-state index >= 15 is 0 Å². The normalized spacial score (nSPS) is 16.0. The van der Waals surface area contributed by atoms with Gasteiger partial charge in [-0.3, -0.25) is 0 Å². The maximum absolute atomic E-state index is 5.80. The summed E-state index contributed by atoms with van der Waals surface area (Å²) >= 11 is 0. The molecule has 1 aromatic carbocycles. The minimum atomic E-state index is -0.148. The number of ether oxygens (including phenoxy) is 2. The highest BCUT2D eigenvalue weighted by atomic mass is 16.5. The van der Waals surface area contributed by atoms with Crippen LogP contribution in [0.4, 0.5) is 0 Å². The smallest absolute Gasteiger partial charge is 0.122 e. The Labute approximate surface area is 97.6 Å². The van der Waals surface area contributed by atoms with Crippen LogP contribution < -0.4 is 9.47 Å². The molecule has 1 aliphatic rings. The van der Waals surface area contributed by atoms with Crippen molar-refractivity contribution in [3.63, 3.8) is 0 Å². The minimum absolute atomic E-state index is 0.148. The third-order valence-electron chi connectivity index (χ3n) is 2.39. The fourth-order valence-electron chi connectivity index (χ4n) is 1.54. The molecule has 2 heteroatoms. The second-order valence-corrected chi connectivity index (χ2v) is 5.46. The van der Waals surface area contributed by atoms with Gasteiger partial charge in [0.15, 0.2) is 0 Å². The molecule has 16 heavy (non-hydrogen) atoms. The van der Waals surface area contributed by atoms with Gasteiger partial charge >= 0.3 is 0 Å². The molecule has 1 fully saturated rings. The molecule has 0 bridgehead atoms. The van der Waals surface area contributed by atoms with Gasteiger partial charge in [0, 0.05) is 0 Å². The van der Waals surface area contributed by atoms with Crippen LogP contribution in [-0.2, 0) is 0 Å². The first-order chi connectivity index (χ1) is 7.44. The molecule has 1 aromatic rings. The van der Waals surface area contributed by atoms with Gasteiger partial charge in [-0.05, 0) is 64.3 Å². The van der Waals surface area contributed by atoms with Crippen LogP contribution in [0.25, 0.3) is 0 Å². The second kappa shape index (κ2) is 4.00. The lowest BCUT2D eigenvalue weighted by Gasteiger charge is -2.22. The van der Waals surface area contributed by atoms with Crippen LogP contribution in [-0.4, -0.2) is 11.7 Å². The minimum Gasteiger partial charge on any atom is -0.490 e. The van der Waals surface area contributed by atoms with E-state index in [9.17, 15) is 0 Å². The second-order valence-electron chi connectivity index (χ2n) is 5.46. The Kier molecular flexibility index (Phi) is 2.83. The first-order valence-corrected chi connectivity index (χ1v) is 5.90. The molecular weight excluding hydrogens is 200 g/mol. The van der Waals surface area contributed by atoms with Crippen molar-refractivity contribution in [2.45, 2.75) is 52.2 Å². The van der Waals surface area contributed by atoms with Gasteiger partial charge in [0.05, 0.1) is 6.10 Å². The average Bonchev–Trinajstić information content (AvgIpc) is 2.90. The summed E-state index contributed by atoms with van der Waals surface area (Å²) in [4.78, 5) is 0. The fraction of sp³-hybridized carbons (Fsp3) is 0.571. The summed E-state index contributed by atoms with van der Waals surface area (Å²) in [6.45, 7) is 8.22. The van der Waals surface area contributed by atoms with Crippen molar-refractivity contribution in [1.29, 1.82) is 0 Å². The van der Waals surface area contributed by atoms with Crippen molar-refractivity contribution in [2.75, 3.05) is 0 Å². The molecule has 0 saturated heterocycles. The maximum Gasteiger partial charge on any atom is 0.122 e. The first-order valence-electron chi connectivity index (χ1n) is 5.90. The standard InChI is InChI=1S/C14H20O2/c1-10-9-12(16-14(2,3)4)7-8-13(10)15-11-5-6-11/h7-9,11H,5-6H2,1-4H3. The van der Waals surface area contributed by atoms with E-state index in [0.717, 1.165) is 17.1 Å². The topological polar surface area (TPSA) is 18.5 Å². The number of benzene rings is 1. The summed E-state index contributed by atoms with van der Waals surface area (Å²) in [6, 6.07) is 6.04. The van der Waals surface area contributed by atoms with Gasteiger partial charge in [0.25, 0.3) is 0 Å². The van der Waals surface area contributed by atoms with Crippen molar-refractivity contribution >= 4 is 0 Å². The molecule has 0 unspecified atom stereocenters. The monoisotopic (exact) mass is 220 g/mol. The Bertz CT molecular complexity index is 373. The largest absolute Gasteiger partial charge is 0.490 e. The lowest BCUT2D eigenvalue weighted by Crippen LogP contribution is -2.22. The molecule has 0 N–H and O–H groups in total. The third kappa shape index (κ3) is 3.16. The van der Waals surface area contributed by atoms with E-state index in [4.69, 9.17) is 9.47 Å². The summed E-state index contributed by atoms with van der Waals surface area (Å²) in [5, 5.41) is 0. The van der Waals surface area contributed by atoms with E-state index in [1.54, 1.807) is 0 Å². The van der Waals surface area contributed by atoms with Crippen LogP contribution in [0, 0.1) is 6.92 Å². The van der Waals surface area contributed by atoms with E-state index in [1.807, 2.05) is 18.2 Å². The van der Waals surface area contributed by atoms with Gasteiger partial charge in [0.1, 0.15) is 17.1 Å². The number of hydrogen-bond donors (Lipinski definition) is 0. The summed E-state index contributed by atoms with van der Waals surface area (Å²) < 4.78 is 11.6. The molecule has 0 aromatic heterocycles. The summed E-state index contributed by atoms with van der Waals surface area (Å²) in [5.74, 6) is 1.90. The van der Waals surface area contributed by atoms with E-state index < -0.39 is 0 Å². The Morgan fingerprint density at radius 2 is 1.88 bits per heavy atom. The highest BCUT2D eigenvalue weighted by Crippen LogP contribution is 2.31. The molecule has 0 spiro atoms. The lowest BCUT2D eigenvalue weighted by molar-refractivity contribution is 0.130. The molecular formula is C14H20O2. The number of aryl methyl sites for hydroxylation is 1. The number of rotatable bonds is 3. The van der Waals surface area contributed by atoms with Gasteiger partial charge in [-0.2, -0.15) is 0 Å². The predicted molar refractivity (Wildman–Crippen MR) is 65.2 cm³/mol. The Hall–Kier alpha value is -1.18. The first kappa shape index (κ1) is 11.3. The quantitative estimate of drug-likeness (QED) is 0.773. The van der Waals surface area contributed by atoms with Crippen LogP contribution in [0.2, 0.25) is 0 Å². The van der Waals surface area contributed by atoms with E-state index in [-0.39, 0.29) is 5.60 Å². The Balaban J connectivity index is 2.08. The highest BCUT2D eigenvalue weighted by Gasteiger charge is 2.24. The van der Waals surface area contributed by atoms with E-state index in [0.29, 0.717) is 6.10 Å². The molecule has 0 radical (unpaired) electrons. The highest BCUT2D eigenvalue weighted by molar-refractivity contribution is 5.39. The molecule has 0 amide bonds. The zero-order valence-corrected chi connectivity index (χ0v) is 10.5. The SMILES string of the molecule is Cc1cc(OC(C)(C)C)ccc1OC1CC1. The van der Waals surface area contributed by atoms with Crippen LogP contribution in [0.3, 0.4) is 0 Å². The molecule has 88 valence electrons. The van der Waals surface area contributed by atoms with E-state index in [1.165, 1.54) is 12.8 Å². The molecule has 0 atom stereocenters. The third-order valence-corrected chi connectivity index (χ3v) is 2.39. The molecule has 0 heterocycles. The predicted octanol–water partition coefficient (Wildman–Crippen LogP) is 3.71. The van der Waals surface area contributed by atoms with Crippen LogP contribution in [0.1, 0.15) is 39.2 Å². The van der Waals surface area contributed by atoms with E-state index in [2.05, 4.69) is 27.7 Å². The van der Waals surface area contributed by atoms with Crippen LogP contribution in [0.5, 0.6) is 11.5 Å². The van der Waals surface area contributed by atoms with Gasteiger partial charge in [-0.25, -0.2) is 0 Å². The zero-order chi connectivity index (χ0) is 11.8. The summed E-state index contributed by atoms with van der Waals surface area (Å²) in [5.41, 5.74) is 0.999. The van der Waals surface area contributed by atoms with Crippen molar-refractivity contribution in [3.05, 3.63) is 23.8 Å². The van der Waals surface area contributed by atoms with Crippen molar-refractivity contribution in [3.8, 4) is 11.5 Å². The van der Waals surface area contributed by atoms with Gasteiger partial charge < -0.3 is 9.47 Å². The molecule has 2 rings (SSSR count). The zero-order valence-electron chi connectivity index (χ0n) is 10.5. The summed E-state index contributed by atoms with van der Waals surface area (Å²) in [7, 11) is 0. The molecule has 1 aliphatic carbocycles. The Morgan fingerprint density at radius 1 is 1.19 bits per heavy atom.